The fraction of sp³-hybridized carbons (Fsp3) is 0.364. The molecule has 1 N–H and O–H groups in total. The summed E-state index contributed by atoms with van der Waals surface area (Å²) >= 11 is 0. The van der Waals surface area contributed by atoms with Crippen LogP contribution < -0.4 is 5.32 Å². The molecule has 1 aromatic heterocycles. The maximum Gasteiger partial charge on any atom is 0.337 e. The van der Waals surface area contributed by atoms with Crippen molar-refractivity contribution in [1.29, 1.82) is 0 Å². The maximum atomic E-state index is 11.6. The number of methoxy groups -OCH3 is 1. The molecule has 0 radical (unpaired) electrons. The van der Waals surface area contributed by atoms with E-state index in [1.807, 2.05) is 0 Å². The van der Waals surface area contributed by atoms with Crippen molar-refractivity contribution >= 4 is 11.9 Å². The van der Waals surface area contributed by atoms with Crippen LogP contribution in [0.15, 0.2) is 18.3 Å². The van der Waals surface area contributed by atoms with Crippen molar-refractivity contribution in [2.75, 3.05) is 7.11 Å². The molecule has 0 bridgehead atoms. The van der Waals surface area contributed by atoms with E-state index in [0.717, 1.165) is 12.8 Å². The standard InChI is InChI=1S/C11H12N2O3/c1-16-11(15)7-4-5-12-9(6-7)10(14)13-8-2-3-8/h4-6,8H,2-3H2,1H3,(H,13,14). The topological polar surface area (TPSA) is 68.3 Å². The zero-order valence-corrected chi connectivity index (χ0v) is 8.90. The first kappa shape index (κ1) is 10.6. The molecule has 1 saturated carbocycles. The third kappa shape index (κ3) is 2.36. The highest BCUT2D eigenvalue weighted by atomic mass is 16.5. The van der Waals surface area contributed by atoms with Crippen molar-refractivity contribution in [1.82, 2.24) is 10.3 Å². The average Bonchev–Trinajstić information content (AvgIpc) is 3.12. The van der Waals surface area contributed by atoms with Gasteiger partial charge in [-0.3, -0.25) is 9.78 Å². The molecular formula is C11H12N2O3. The summed E-state index contributed by atoms with van der Waals surface area (Å²) in [5.41, 5.74) is 0.577. The van der Waals surface area contributed by atoms with Crippen molar-refractivity contribution in [3.05, 3.63) is 29.6 Å². The van der Waals surface area contributed by atoms with Crippen LogP contribution in [0.3, 0.4) is 0 Å². The number of carbonyl (C=O) groups excluding carboxylic acids is 2. The van der Waals surface area contributed by atoms with Gasteiger partial charge in [0.2, 0.25) is 0 Å². The largest absolute Gasteiger partial charge is 0.465 e. The lowest BCUT2D eigenvalue weighted by Gasteiger charge is -2.03. The van der Waals surface area contributed by atoms with E-state index < -0.39 is 5.97 Å². The highest BCUT2D eigenvalue weighted by Gasteiger charge is 2.24. The van der Waals surface area contributed by atoms with Gasteiger partial charge in [-0.2, -0.15) is 0 Å². The third-order valence-electron chi connectivity index (χ3n) is 2.33. The molecule has 1 aromatic rings. The van der Waals surface area contributed by atoms with E-state index in [2.05, 4.69) is 15.0 Å². The molecule has 1 fully saturated rings. The molecule has 0 unspecified atom stereocenters. The van der Waals surface area contributed by atoms with E-state index >= 15 is 0 Å². The first-order valence-electron chi connectivity index (χ1n) is 5.06. The van der Waals surface area contributed by atoms with Crippen molar-refractivity contribution in [2.45, 2.75) is 18.9 Å². The van der Waals surface area contributed by atoms with Gasteiger partial charge in [-0.1, -0.05) is 0 Å². The number of ether oxygens (including phenoxy) is 1. The molecular weight excluding hydrogens is 208 g/mol. The normalized spacial score (nSPS) is 14.3. The van der Waals surface area contributed by atoms with Gasteiger partial charge in [0.15, 0.2) is 0 Å². The Morgan fingerprint density at radius 1 is 1.50 bits per heavy atom. The highest BCUT2D eigenvalue weighted by molar-refractivity contribution is 5.96. The van der Waals surface area contributed by atoms with Crippen LogP contribution >= 0.6 is 0 Å². The van der Waals surface area contributed by atoms with Gasteiger partial charge in [0.25, 0.3) is 5.91 Å². The van der Waals surface area contributed by atoms with Gasteiger partial charge in [-0.05, 0) is 25.0 Å². The number of hydrogen-bond donors (Lipinski definition) is 1. The molecule has 0 aliphatic heterocycles. The summed E-state index contributed by atoms with van der Waals surface area (Å²) in [4.78, 5) is 26.8. The van der Waals surface area contributed by atoms with Crippen LogP contribution in [0.25, 0.3) is 0 Å². The smallest absolute Gasteiger partial charge is 0.337 e. The minimum atomic E-state index is -0.470. The minimum absolute atomic E-state index is 0.242. The molecule has 0 aromatic carbocycles. The average molecular weight is 220 g/mol. The number of nitrogens with one attached hydrogen (secondary N) is 1. The molecule has 0 atom stereocenters. The molecule has 0 spiro atoms. The second-order valence-corrected chi connectivity index (χ2v) is 3.67. The summed E-state index contributed by atoms with van der Waals surface area (Å²) < 4.78 is 4.57. The summed E-state index contributed by atoms with van der Waals surface area (Å²) in [6, 6.07) is 3.22. The van der Waals surface area contributed by atoms with Crippen LogP contribution in [0.2, 0.25) is 0 Å². The summed E-state index contributed by atoms with van der Waals surface area (Å²) in [5.74, 6) is -0.712. The second-order valence-electron chi connectivity index (χ2n) is 3.67. The Morgan fingerprint density at radius 2 is 2.25 bits per heavy atom. The molecule has 1 aliphatic carbocycles. The van der Waals surface area contributed by atoms with Gasteiger partial charge >= 0.3 is 5.97 Å². The Kier molecular flexibility index (Phi) is 2.85. The van der Waals surface area contributed by atoms with E-state index in [1.165, 1.54) is 25.4 Å². The van der Waals surface area contributed by atoms with Gasteiger partial charge in [0.1, 0.15) is 5.69 Å². The maximum absolute atomic E-state index is 11.6. The SMILES string of the molecule is COC(=O)c1ccnc(C(=O)NC2CC2)c1. The number of esters is 1. The van der Waals surface area contributed by atoms with Crippen molar-refractivity contribution < 1.29 is 14.3 Å². The Bertz CT molecular complexity index is 427. The molecule has 84 valence electrons. The van der Waals surface area contributed by atoms with Gasteiger partial charge in [0, 0.05) is 12.2 Å². The van der Waals surface area contributed by atoms with Crippen LogP contribution in [0, 0.1) is 0 Å². The Labute approximate surface area is 92.8 Å². The zero-order chi connectivity index (χ0) is 11.5. The van der Waals surface area contributed by atoms with Crippen LogP contribution in [0.5, 0.6) is 0 Å². The van der Waals surface area contributed by atoms with E-state index in [-0.39, 0.29) is 17.6 Å². The number of hydrogen-bond acceptors (Lipinski definition) is 4. The highest BCUT2D eigenvalue weighted by Crippen LogP contribution is 2.19. The van der Waals surface area contributed by atoms with Crippen molar-refractivity contribution in [3.8, 4) is 0 Å². The predicted octanol–water partition coefficient (Wildman–Crippen LogP) is 0.760. The molecule has 16 heavy (non-hydrogen) atoms. The van der Waals surface area contributed by atoms with Gasteiger partial charge in [0.05, 0.1) is 12.7 Å². The van der Waals surface area contributed by atoms with Crippen LogP contribution in [0.1, 0.15) is 33.7 Å². The number of rotatable bonds is 3. The van der Waals surface area contributed by atoms with Crippen molar-refractivity contribution in [3.63, 3.8) is 0 Å². The fourth-order valence-electron chi connectivity index (χ4n) is 1.29. The lowest BCUT2D eigenvalue weighted by molar-refractivity contribution is 0.0600. The lowest BCUT2D eigenvalue weighted by Crippen LogP contribution is -2.26. The van der Waals surface area contributed by atoms with E-state index in [4.69, 9.17) is 0 Å². The summed E-state index contributed by atoms with van der Waals surface area (Å²) in [7, 11) is 1.30. The monoisotopic (exact) mass is 220 g/mol. The molecule has 5 heteroatoms. The van der Waals surface area contributed by atoms with E-state index in [0.29, 0.717) is 5.56 Å². The summed E-state index contributed by atoms with van der Waals surface area (Å²) in [6.07, 6.45) is 3.46. The minimum Gasteiger partial charge on any atom is -0.465 e. The van der Waals surface area contributed by atoms with E-state index in [1.54, 1.807) is 0 Å². The van der Waals surface area contributed by atoms with Gasteiger partial charge in [-0.25, -0.2) is 4.79 Å². The Hall–Kier alpha value is -1.91. The van der Waals surface area contributed by atoms with Gasteiger partial charge in [-0.15, -0.1) is 0 Å². The predicted molar refractivity (Wildman–Crippen MR) is 56.1 cm³/mol. The third-order valence-corrected chi connectivity index (χ3v) is 2.33. The first-order valence-corrected chi connectivity index (χ1v) is 5.06. The van der Waals surface area contributed by atoms with Gasteiger partial charge < -0.3 is 10.1 Å². The molecule has 5 nitrogen and oxygen atoms in total. The lowest BCUT2D eigenvalue weighted by atomic mass is 10.2. The molecule has 1 heterocycles. The number of carbonyl (C=O) groups is 2. The molecule has 1 aliphatic rings. The number of pyridine rings is 1. The van der Waals surface area contributed by atoms with Crippen LogP contribution in [0.4, 0.5) is 0 Å². The Morgan fingerprint density at radius 3 is 2.88 bits per heavy atom. The number of amides is 1. The molecule has 1 amide bonds. The van der Waals surface area contributed by atoms with Crippen LogP contribution in [-0.2, 0) is 4.74 Å². The molecule has 2 rings (SSSR count). The summed E-state index contributed by atoms with van der Waals surface area (Å²) in [6.45, 7) is 0. The number of aromatic nitrogens is 1. The molecule has 0 saturated heterocycles. The quantitative estimate of drug-likeness (QED) is 0.763. The van der Waals surface area contributed by atoms with Crippen LogP contribution in [-0.4, -0.2) is 30.0 Å². The second kappa shape index (κ2) is 4.30. The fourth-order valence-corrected chi connectivity index (χ4v) is 1.29. The van der Waals surface area contributed by atoms with E-state index in [9.17, 15) is 9.59 Å². The first-order chi connectivity index (χ1) is 7.70. The number of nitrogens with zero attached hydrogens (tertiary/aromatic N) is 1. The van der Waals surface area contributed by atoms with Crippen molar-refractivity contribution in [2.24, 2.45) is 0 Å². The Balaban J connectivity index is 2.14. The zero-order valence-electron chi connectivity index (χ0n) is 8.90. The summed E-state index contributed by atoms with van der Waals surface area (Å²) in [5, 5.41) is 2.80.